The number of ether oxygens (including phenoxy) is 2. The van der Waals surface area contributed by atoms with Crippen LogP contribution in [0, 0.1) is 0 Å². The fraction of sp³-hybridized carbons (Fsp3) is 0.312. The van der Waals surface area contributed by atoms with E-state index in [1.165, 1.54) is 19.2 Å². The van der Waals surface area contributed by atoms with Gasteiger partial charge in [-0.3, -0.25) is 0 Å². The smallest absolute Gasteiger partial charge is 0.383 e. The molecular formula is C16H18O5. The summed E-state index contributed by atoms with van der Waals surface area (Å²) in [5.74, 6) is 0.396. The van der Waals surface area contributed by atoms with Crippen molar-refractivity contribution in [2.75, 3.05) is 13.7 Å². The normalized spacial score (nSPS) is 11.1. The van der Waals surface area contributed by atoms with E-state index in [4.69, 9.17) is 13.9 Å². The standard InChI is InChI=1S/C16H18O5/c1-3-4-5-6-9-20-15-14(19-2)12-8-7-11(17)10-13(12)21-16(15)18/h4-5,7-8,10,17H,3,6,9H2,1-2H3/b5-4+. The van der Waals surface area contributed by atoms with Crippen molar-refractivity contribution in [2.24, 2.45) is 0 Å². The summed E-state index contributed by atoms with van der Waals surface area (Å²) in [4.78, 5) is 12.0. The maximum absolute atomic E-state index is 12.0. The van der Waals surface area contributed by atoms with Crippen molar-refractivity contribution in [2.45, 2.75) is 19.8 Å². The Kier molecular flexibility index (Phi) is 4.87. The van der Waals surface area contributed by atoms with Gasteiger partial charge in [0.15, 0.2) is 5.75 Å². The van der Waals surface area contributed by atoms with Crippen molar-refractivity contribution in [3.05, 3.63) is 40.8 Å². The highest BCUT2D eigenvalue weighted by Crippen LogP contribution is 2.33. The van der Waals surface area contributed by atoms with Gasteiger partial charge in [-0.25, -0.2) is 4.79 Å². The van der Waals surface area contributed by atoms with E-state index in [-0.39, 0.29) is 17.1 Å². The first-order valence-corrected chi connectivity index (χ1v) is 6.79. The van der Waals surface area contributed by atoms with Gasteiger partial charge >= 0.3 is 5.63 Å². The lowest BCUT2D eigenvalue weighted by Gasteiger charge is -2.10. The number of hydrogen-bond acceptors (Lipinski definition) is 5. The molecule has 21 heavy (non-hydrogen) atoms. The highest BCUT2D eigenvalue weighted by Gasteiger charge is 2.17. The lowest BCUT2D eigenvalue weighted by molar-refractivity contribution is 0.285. The molecule has 112 valence electrons. The molecule has 2 rings (SSSR count). The first-order chi connectivity index (χ1) is 10.2. The Morgan fingerprint density at radius 3 is 2.81 bits per heavy atom. The third-order valence-electron chi connectivity index (χ3n) is 2.94. The molecule has 1 aromatic carbocycles. The molecule has 0 aliphatic rings. The molecule has 0 aliphatic heterocycles. The van der Waals surface area contributed by atoms with Crippen LogP contribution in [0.15, 0.2) is 39.6 Å². The van der Waals surface area contributed by atoms with Crippen molar-refractivity contribution >= 4 is 11.0 Å². The van der Waals surface area contributed by atoms with Crippen molar-refractivity contribution < 1.29 is 19.0 Å². The molecule has 1 aromatic heterocycles. The van der Waals surface area contributed by atoms with Crippen LogP contribution >= 0.6 is 0 Å². The molecule has 0 amide bonds. The second kappa shape index (κ2) is 6.83. The van der Waals surface area contributed by atoms with E-state index in [0.29, 0.717) is 24.2 Å². The maximum Gasteiger partial charge on any atom is 0.383 e. The number of allylic oxidation sites excluding steroid dienone is 1. The molecular weight excluding hydrogens is 272 g/mol. The van der Waals surface area contributed by atoms with Crippen LogP contribution in [0.2, 0.25) is 0 Å². The van der Waals surface area contributed by atoms with E-state index in [9.17, 15) is 9.90 Å². The Balaban J connectivity index is 2.34. The van der Waals surface area contributed by atoms with E-state index in [2.05, 4.69) is 0 Å². The quantitative estimate of drug-likeness (QED) is 0.502. The van der Waals surface area contributed by atoms with Crippen LogP contribution in [0.1, 0.15) is 19.8 Å². The molecule has 0 saturated heterocycles. The first-order valence-electron chi connectivity index (χ1n) is 6.79. The monoisotopic (exact) mass is 290 g/mol. The summed E-state index contributed by atoms with van der Waals surface area (Å²) < 4.78 is 15.9. The van der Waals surface area contributed by atoms with Crippen molar-refractivity contribution in [3.8, 4) is 17.2 Å². The highest BCUT2D eigenvalue weighted by atomic mass is 16.5. The van der Waals surface area contributed by atoms with Gasteiger partial charge in [-0.05, 0) is 25.0 Å². The summed E-state index contributed by atoms with van der Waals surface area (Å²) >= 11 is 0. The number of phenols is 1. The molecule has 5 heteroatoms. The summed E-state index contributed by atoms with van der Waals surface area (Å²) in [5, 5.41) is 10.0. The van der Waals surface area contributed by atoms with Crippen molar-refractivity contribution in [1.29, 1.82) is 0 Å². The van der Waals surface area contributed by atoms with E-state index >= 15 is 0 Å². The number of rotatable bonds is 6. The van der Waals surface area contributed by atoms with Crippen molar-refractivity contribution in [3.63, 3.8) is 0 Å². The van der Waals surface area contributed by atoms with Gasteiger partial charge in [0.05, 0.1) is 19.1 Å². The van der Waals surface area contributed by atoms with Crippen LogP contribution in [-0.4, -0.2) is 18.8 Å². The lowest BCUT2D eigenvalue weighted by Crippen LogP contribution is -2.10. The van der Waals surface area contributed by atoms with E-state index < -0.39 is 5.63 Å². The molecule has 0 atom stereocenters. The van der Waals surface area contributed by atoms with Gasteiger partial charge < -0.3 is 19.0 Å². The van der Waals surface area contributed by atoms with Gasteiger partial charge in [0.25, 0.3) is 0 Å². The average Bonchev–Trinajstić information content (AvgIpc) is 2.47. The van der Waals surface area contributed by atoms with Crippen LogP contribution in [0.5, 0.6) is 17.2 Å². The topological polar surface area (TPSA) is 68.9 Å². The Hall–Kier alpha value is -2.43. The Labute approximate surface area is 122 Å². The number of aromatic hydroxyl groups is 1. The van der Waals surface area contributed by atoms with Gasteiger partial charge in [-0.15, -0.1) is 0 Å². The minimum atomic E-state index is -0.621. The predicted molar refractivity (Wildman–Crippen MR) is 80.2 cm³/mol. The predicted octanol–water partition coefficient (Wildman–Crippen LogP) is 3.24. The summed E-state index contributed by atoms with van der Waals surface area (Å²) in [5.41, 5.74) is -0.362. The molecule has 1 heterocycles. The number of methoxy groups -OCH3 is 1. The Morgan fingerprint density at radius 2 is 2.10 bits per heavy atom. The highest BCUT2D eigenvalue weighted by molar-refractivity contribution is 5.86. The number of fused-ring (bicyclic) bond motifs is 1. The molecule has 0 unspecified atom stereocenters. The molecule has 1 N–H and O–H groups in total. The second-order valence-corrected chi connectivity index (χ2v) is 4.45. The number of hydrogen-bond donors (Lipinski definition) is 1. The SMILES string of the molecule is CC/C=C/CCOc1c(OC)c2ccc(O)cc2oc1=O. The zero-order chi connectivity index (χ0) is 15.2. The van der Waals surface area contributed by atoms with Crippen molar-refractivity contribution in [1.82, 2.24) is 0 Å². The molecule has 0 bridgehead atoms. The zero-order valence-electron chi connectivity index (χ0n) is 12.1. The summed E-state index contributed by atoms with van der Waals surface area (Å²) in [6.07, 6.45) is 5.69. The summed E-state index contributed by atoms with van der Waals surface area (Å²) in [6, 6.07) is 4.49. The fourth-order valence-corrected chi connectivity index (χ4v) is 1.98. The van der Waals surface area contributed by atoms with Gasteiger partial charge in [-0.2, -0.15) is 0 Å². The number of phenolic OH excluding ortho intramolecular Hbond substituents is 1. The minimum absolute atomic E-state index is 0.0195. The largest absolute Gasteiger partial charge is 0.508 e. The molecule has 2 aromatic rings. The molecule has 5 nitrogen and oxygen atoms in total. The summed E-state index contributed by atoms with van der Waals surface area (Å²) in [6.45, 7) is 2.41. The Bertz CT molecular complexity index is 700. The molecule has 0 radical (unpaired) electrons. The molecule has 0 fully saturated rings. The fourth-order valence-electron chi connectivity index (χ4n) is 1.98. The second-order valence-electron chi connectivity index (χ2n) is 4.45. The van der Waals surface area contributed by atoms with Crippen LogP contribution in [0.4, 0.5) is 0 Å². The van der Waals surface area contributed by atoms with Crippen LogP contribution < -0.4 is 15.1 Å². The maximum atomic E-state index is 12.0. The van der Waals surface area contributed by atoms with Crippen LogP contribution in [-0.2, 0) is 0 Å². The van der Waals surface area contributed by atoms with Gasteiger partial charge in [0.2, 0.25) is 5.75 Å². The molecule has 0 aliphatic carbocycles. The first kappa shape index (κ1) is 15.0. The summed E-state index contributed by atoms with van der Waals surface area (Å²) in [7, 11) is 1.46. The van der Waals surface area contributed by atoms with E-state index in [1.54, 1.807) is 6.07 Å². The average molecular weight is 290 g/mol. The van der Waals surface area contributed by atoms with Crippen LogP contribution in [0.25, 0.3) is 11.0 Å². The van der Waals surface area contributed by atoms with E-state index in [1.807, 2.05) is 19.1 Å². The van der Waals surface area contributed by atoms with Gasteiger partial charge in [0.1, 0.15) is 11.3 Å². The third kappa shape index (κ3) is 3.37. The Morgan fingerprint density at radius 1 is 1.29 bits per heavy atom. The molecule has 0 saturated carbocycles. The lowest BCUT2D eigenvalue weighted by atomic mass is 10.2. The number of benzene rings is 1. The minimum Gasteiger partial charge on any atom is -0.508 e. The third-order valence-corrected chi connectivity index (χ3v) is 2.94. The zero-order valence-corrected chi connectivity index (χ0v) is 12.1. The van der Waals surface area contributed by atoms with Gasteiger partial charge in [0, 0.05) is 6.07 Å². The van der Waals surface area contributed by atoms with E-state index in [0.717, 1.165) is 6.42 Å². The van der Waals surface area contributed by atoms with Crippen LogP contribution in [0.3, 0.4) is 0 Å². The molecule has 0 spiro atoms. The van der Waals surface area contributed by atoms with Gasteiger partial charge in [-0.1, -0.05) is 19.1 Å².